The summed E-state index contributed by atoms with van der Waals surface area (Å²) < 4.78 is 1.08. The molecule has 0 aliphatic rings. The molecule has 0 heterocycles. The van der Waals surface area contributed by atoms with E-state index in [9.17, 15) is 0 Å². The van der Waals surface area contributed by atoms with Crippen LogP contribution in [0, 0.1) is 0 Å². The zero-order valence-corrected chi connectivity index (χ0v) is 7.57. The summed E-state index contributed by atoms with van der Waals surface area (Å²) in [6.07, 6.45) is 0. The molecule has 0 rings (SSSR count). The smallest absolute Gasteiger partial charge is 1.00 e. The molecule has 0 aromatic carbocycles. The van der Waals surface area contributed by atoms with Gasteiger partial charge in [0.2, 0.25) is 0 Å². The summed E-state index contributed by atoms with van der Waals surface area (Å²) in [5.74, 6) is 0. The molecule has 0 aromatic rings. The van der Waals surface area contributed by atoms with Crippen molar-refractivity contribution < 1.29 is 2.85 Å². The molecule has 0 atom stereocenters. The molecule has 0 amide bonds. The van der Waals surface area contributed by atoms with Crippen LogP contribution in [0.1, 0.15) is 9.78 Å². The molecule has 0 saturated heterocycles. The number of hydrogen-bond donors (Lipinski definition) is 0. The van der Waals surface area contributed by atoms with E-state index in [0.717, 1.165) is 4.43 Å². The van der Waals surface area contributed by atoms with Crippen molar-refractivity contribution in [3.05, 3.63) is 12.2 Å². The van der Waals surface area contributed by atoms with E-state index in [0.29, 0.717) is 0 Å². The zero-order chi connectivity index (χ0) is 4.28. The predicted octanol–water partition coefficient (Wildman–Crippen LogP) is 1.84. The summed E-state index contributed by atoms with van der Waals surface area (Å²) in [4.78, 5) is 0. The van der Waals surface area contributed by atoms with Crippen LogP contribution >= 0.6 is 22.6 Å². The van der Waals surface area contributed by atoms with E-state index >= 15 is 0 Å². The summed E-state index contributed by atoms with van der Waals surface area (Å²) in [6, 6.07) is 0. The molecule has 0 aliphatic heterocycles. The van der Waals surface area contributed by atoms with E-state index in [1.807, 2.05) is 6.92 Å². The Morgan fingerprint density at radius 1 is 2.00 bits per heavy atom. The van der Waals surface area contributed by atoms with Gasteiger partial charge in [0.15, 0.2) is 0 Å². The fourth-order valence-corrected chi connectivity index (χ4v) is 0. The molecule has 0 spiro atoms. The van der Waals surface area contributed by atoms with Crippen LogP contribution in [0.15, 0.2) is 12.2 Å². The van der Waals surface area contributed by atoms with Crippen molar-refractivity contribution in [3.8, 4) is 0 Å². The Hall–Kier alpha value is 1.24. The van der Waals surface area contributed by atoms with Crippen molar-refractivity contribution in [1.29, 1.82) is 0 Å². The molecule has 6 heavy (non-hydrogen) atoms. The Kier molecular flexibility index (Phi) is 10.7. The van der Waals surface area contributed by atoms with Gasteiger partial charge in [0.05, 0.1) is 0 Å². The molecule has 0 fully saturated rings. The molecular formula is C4H9IMg. The SMILES string of the molecule is C=C(C)CI.[H-].[H-].[Mg+2]. The van der Waals surface area contributed by atoms with Crippen LogP contribution in [0.5, 0.6) is 0 Å². The van der Waals surface area contributed by atoms with Crippen molar-refractivity contribution in [2.45, 2.75) is 6.92 Å². The molecule has 0 unspecified atom stereocenters. The normalized spacial score (nSPS) is 6.33. The van der Waals surface area contributed by atoms with Gasteiger partial charge < -0.3 is 2.85 Å². The van der Waals surface area contributed by atoms with E-state index in [1.165, 1.54) is 5.57 Å². The van der Waals surface area contributed by atoms with Gasteiger partial charge in [0, 0.05) is 4.43 Å². The van der Waals surface area contributed by atoms with Gasteiger partial charge in [-0.2, -0.15) is 0 Å². The summed E-state index contributed by atoms with van der Waals surface area (Å²) in [6.45, 7) is 5.69. The maximum absolute atomic E-state index is 3.67. The van der Waals surface area contributed by atoms with Crippen LogP contribution < -0.4 is 0 Å². The van der Waals surface area contributed by atoms with Gasteiger partial charge >= 0.3 is 23.1 Å². The fourth-order valence-electron chi connectivity index (χ4n) is 0. The van der Waals surface area contributed by atoms with Crippen LogP contribution in [0.3, 0.4) is 0 Å². The largest absolute Gasteiger partial charge is 2.00 e. The van der Waals surface area contributed by atoms with Crippen molar-refractivity contribution in [2.75, 3.05) is 4.43 Å². The Morgan fingerprint density at radius 2 is 2.17 bits per heavy atom. The first-order valence-electron chi connectivity index (χ1n) is 1.47. The quantitative estimate of drug-likeness (QED) is 0.267. The molecule has 0 aromatic heterocycles. The Balaban J connectivity index is -0.0000000267. The van der Waals surface area contributed by atoms with Crippen LogP contribution in [0.4, 0.5) is 0 Å². The number of alkyl halides is 1. The van der Waals surface area contributed by atoms with Gasteiger partial charge in [-0.15, -0.1) is 0 Å². The van der Waals surface area contributed by atoms with E-state index in [4.69, 9.17) is 0 Å². The first kappa shape index (κ1) is 10.3. The standard InChI is InChI=1S/C4H7I.Mg.2H/c1-4(2)3-5;;;/h1,3H2,2H3;;;/q;+2;2*-1. The summed E-state index contributed by atoms with van der Waals surface area (Å²) >= 11 is 2.28. The molecule has 2 heteroatoms. The Morgan fingerprint density at radius 3 is 2.17 bits per heavy atom. The van der Waals surface area contributed by atoms with Crippen LogP contribution in [-0.4, -0.2) is 27.5 Å². The van der Waals surface area contributed by atoms with Gasteiger partial charge in [-0.25, -0.2) is 0 Å². The topological polar surface area (TPSA) is 0 Å². The van der Waals surface area contributed by atoms with Crippen molar-refractivity contribution in [3.63, 3.8) is 0 Å². The molecule has 0 bridgehead atoms. The van der Waals surface area contributed by atoms with E-state index in [1.54, 1.807) is 0 Å². The molecule has 0 N–H and O–H groups in total. The van der Waals surface area contributed by atoms with Gasteiger partial charge in [0.1, 0.15) is 0 Å². The second kappa shape index (κ2) is 6.24. The minimum absolute atomic E-state index is 0. The number of hydrogen-bond acceptors (Lipinski definition) is 0. The average molecular weight is 208 g/mol. The molecular weight excluding hydrogens is 199 g/mol. The van der Waals surface area contributed by atoms with E-state index in [2.05, 4.69) is 29.2 Å². The summed E-state index contributed by atoms with van der Waals surface area (Å²) in [5.41, 5.74) is 1.24. The third-order valence-electron chi connectivity index (χ3n) is 0.228. The zero-order valence-electron chi connectivity index (χ0n) is 6.00. The molecule has 0 nitrogen and oxygen atoms in total. The average Bonchev–Trinajstić information content (AvgIpc) is 1.38. The van der Waals surface area contributed by atoms with E-state index < -0.39 is 0 Å². The number of allylic oxidation sites excluding steroid dienone is 1. The first-order chi connectivity index (χ1) is 2.27. The maximum atomic E-state index is 3.67. The number of halogens is 1. The molecule has 0 aliphatic carbocycles. The number of rotatable bonds is 1. The van der Waals surface area contributed by atoms with Crippen LogP contribution in [0.2, 0.25) is 0 Å². The molecule has 0 saturated carbocycles. The minimum atomic E-state index is 0. The van der Waals surface area contributed by atoms with Crippen LogP contribution in [-0.2, 0) is 0 Å². The Bertz CT molecular complexity index is 49.3. The summed E-state index contributed by atoms with van der Waals surface area (Å²) in [7, 11) is 0. The Labute approximate surface area is 71.6 Å². The minimum Gasteiger partial charge on any atom is -1.00 e. The monoisotopic (exact) mass is 208 g/mol. The van der Waals surface area contributed by atoms with Crippen molar-refractivity contribution >= 4 is 45.6 Å². The van der Waals surface area contributed by atoms with Gasteiger partial charge in [-0.05, 0) is 6.92 Å². The third-order valence-corrected chi connectivity index (χ3v) is 1.53. The summed E-state index contributed by atoms with van der Waals surface area (Å²) in [5, 5.41) is 0. The van der Waals surface area contributed by atoms with Crippen molar-refractivity contribution in [2.24, 2.45) is 0 Å². The van der Waals surface area contributed by atoms with E-state index in [-0.39, 0.29) is 25.9 Å². The molecule has 0 radical (unpaired) electrons. The van der Waals surface area contributed by atoms with Gasteiger partial charge in [0.25, 0.3) is 0 Å². The fraction of sp³-hybridized carbons (Fsp3) is 0.500. The first-order valence-corrected chi connectivity index (χ1v) is 3.00. The van der Waals surface area contributed by atoms with Crippen molar-refractivity contribution in [1.82, 2.24) is 0 Å². The van der Waals surface area contributed by atoms with Gasteiger partial charge in [-0.3, -0.25) is 0 Å². The molecule has 34 valence electrons. The maximum Gasteiger partial charge on any atom is 2.00 e. The van der Waals surface area contributed by atoms with Crippen LogP contribution in [0.25, 0.3) is 0 Å². The third kappa shape index (κ3) is 8.97. The second-order valence-corrected chi connectivity index (χ2v) is 1.85. The van der Waals surface area contributed by atoms with Gasteiger partial charge in [-0.1, -0.05) is 34.7 Å². The predicted molar refractivity (Wildman–Crippen MR) is 41.7 cm³/mol. The second-order valence-electron chi connectivity index (χ2n) is 1.09.